The first kappa shape index (κ1) is 32.1. The van der Waals surface area contributed by atoms with E-state index in [1.54, 1.807) is 5.57 Å². The summed E-state index contributed by atoms with van der Waals surface area (Å²) >= 11 is 0. The van der Waals surface area contributed by atoms with Gasteiger partial charge >= 0.3 is 5.97 Å². The number of unbranched alkanes of at least 4 members (excludes halogenated alkanes) is 7. The van der Waals surface area contributed by atoms with Gasteiger partial charge in [-0.25, -0.2) is 0 Å². The molecule has 8 atom stereocenters. The van der Waals surface area contributed by atoms with Crippen LogP contribution in [0.15, 0.2) is 11.6 Å². The molecule has 230 valence electrons. The van der Waals surface area contributed by atoms with Crippen LogP contribution < -0.4 is 0 Å². The molecule has 40 heavy (non-hydrogen) atoms. The van der Waals surface area contributed by atoms with Crippen molar-refractivity contribution < 1.29 is 9.53 Å². The van der Waals surface area contributed by atoms with Gasteiger partial charge in [0.2, 0.25) is 0 Å². The lowest BCUT2D eigenvalue weighted by Gasteiger charge is -2.58. The van der Waals surface area contributed by atoms with Crippen molar-refractivity contribution in [2.75, 3.05) is 6.61 Å². The van der Waals surface area contributed by atoms with E-state index >= 15 is 0 Å². The molecule has 3 saturated carbocycles. The third-order valence-electron chi connectivity index (χ3n) is 12.9. The van der Waals surface area contributed by atoms with Crippen LogP contribution in [0, 0.1) is 52.3 Å². The van der Waals surface area contributed by atoms with Crippen LogP contribution >= 0.6 is 0 Å². The van der Waals surface area contributed by atoms with Gasteiger partial charge in [-0.1, -0.05) is 117 Å². The van der Waals surface area contributed by atoms with Crippen LogP contribution in [0.2, 0.25) is 0 Å². The summed E-state index contributed by atoms with van der Waals surface area (Å²) in [5.41, 5.74) is 2.49. The van der Waals surface area contributed by atoms with E-state index in [4.69, 9.17) is 4.74 Å². The van der Waals surface area contributed by atoms with Crippen molar-refractivity contribution in [2.45, 2.75) is 164 Å². The molecule has 0 aromatic heterocycles. The molecular formula is C38H66O2. The number of rotatable bonds is 15. The molecule has 0 spiro atoms. The molecule has 0 aliphatic heterocycles. The summed E-state index contributed by atoms with van der Waals surface area (Å²) in [6.07, 6.45) is 27.4. The molecule has 0 saturated heterocycles. The molecule has 0 radical (unpaired) electrons. The third-order valence-corrected chi connectivity index (χ3v) is 12.9. The third kappa shape index (κ3) is 7.22. The van der Waals surface area contributed by atoms with Crippen LogP contribution in [0.1, 0.15) is 164 Å². The van der Waals surface area contributed by atoms with Crippen molar-refractivity contribution in [1.82, 2.24) is 0 Å². The van der Waals surface area contributed by atoms with Crippen molar-refractivity contribution >= 4 is 5.97 Å². The number of carbonyl (C=O) groups is 1. The van der Waals surface area contributed by atoms with E-state index in [2.05, 4.69) is 47.6 Å². The van der Waals surface area contributed by atoms with E-state index in [1.165, 1.54) is 103 Å². The summed E-state index contributed by atoms with van der Waals surface area (Å²) in [4.78, 5) is 13.0. The van der Waals surface area contributed by atoms with Crippen molar-refractivity contribution in [3.63, 3.8) is 0 Å². The number of esters is 1. The lowest BCUT2D eigenvalue weighted by Crippen LogP contribution is -2.50. The number of carbonyl (C=O) groups excluding carboxylic acids is 1. The van der Waals surface area contributed by atoms with Crippen LogP contribution in [0.3, 0.4) is 0 Å². The second-order valence-electron chi connectivity index (χ2n) is 15.9. The summed E-state index contributed by atoms with van der Waals surface area (Å²) < 4.78 is 5.82. The normalized spacial score (nSPS) is 36.0. The summed E-state index contributed by atoms with van der Waals surface area (Å²) in [6.45, 7) is 15.5. The number of fused-ring (bicyclic) bond motifs is 5. The van der Waals surface area contributed by atoms with Crippen LogP contribution in [0.5, 0.6) is 0 Å². The van der Waals surface area contributed by atoms with E-state index in [1.807, 2.05) is 0 Å². The highest BCUT2D eigenvalue weighted by molar-refractivity contribution is 5.73. The maximum Gasteiger partial charge on any atom is 0.309 e. The average molecular weight is 555 g/mol. The van der Waals surface area contributed by atoms with Crippen molar-refractivity contribution in [2.24, 2.45) is 52.3 Å². The van der Waals surface area contributed by atoms with Gasteiger partial charge in [-0.05, 0) is 104 Å². The Kier molecular flexibility index (Phi) is 11.7. The monoisotopic (exact) mass is 555 g/mol. The van der Waals surface area contributed by atoms with Crippen molar-refractivity contribution in [1.29, 1.82) is 0 Å². The maximum absolute atomic E-state index is 13.0. The number of allylic oxidation sites excluding steroid dienone is 2. The molecule has 2 nitrogen and oxygen atoms in total. The fraction of sp³-hybridized carbons (Fsp3) is 0.921. The van der Waals surface area contributed by atoms with Crippen molar-refractivity contribution in [3.05, 3.63) is 11.6 Å². The first-order valence-electron chi connectivity index (χ1n) is 18.1. The number of hydrogen-bond donors (Lipinski definition) is 0. The van der Waals surface area contributed by atoms with Gasteiger partial charge in [-0.2, -0.15) is 0 Å². The van der Waals surface area contributed by atoms with E-state index in [9.17, 15) is 4.79 Å². The van der Waals surface area contributed by atoms with Crippen LogP contribution in [0.25, 0.3) is 0 Å². The molecule has 0 N–H and O–H groups in total. The van der Waals surface area contributed by atoms with E-state index in [-0.39, 0.29) is 11.9 Å². The molecule has 0 aromatic carbocycles. The van der Waals surface area contributed by atoms with E-state index in [0.29, 0.717) is 17.4 Å². The number of ether oxygens (including phenoxy) is 1. The van der Waals surface area contributed by atoms with Crippen molar-refractivity contribution in [3.8, 4) is 0 Å². The smallest absolute Gasteiger partial charge is 0.309 e. The summed E-state index contributed by atoms with van der Waals surface area (Å²) in [7, 11) is 0. The predicted octanol–water partition coefficient (Wildman–Crippen LogP) is 11.3. The topological polar surface area (TPSA) is 26.3 Å². The molecular weight excluding hydrogens is 488 g/mol. The second kappa shape index (κ2) is 14.6. The highest BCUT2D eigenvalue weighted by Crippen LogP contribution is 2.67. The summed E-state index contributed by atoms with van der Waals surface area (Å²) in [5, 5.41) is 0. The molecule has 0 bridgehead atoms. The van der Waals surface area contributed by atoms with Gasteiger partial charge in [-0.15, -0.1) is 0 Å². The molecule has 0 unspecified atom stereocenters. The summed E-state index contributed by atoms with van der Waals surface area (Å²) in [5.74, 6) is 5.44. The van der Waals surface area contributed by atoms with E-state index in [0.717, 1.165) is 54.8 Å². The van der Waals surface area contributed by atoms with Gasteiger partial charge in [0.05, 0.1) is 12.5 Å². The van der Waals surface area contributed by atoms with E-state index < -0.39 is 0 Å². The minimum atomic E-state index is 0.0920. The maximum atomic E-state index is 13.0. The molecule has 4 aliphatic rings. The van der Waals surface area contributed by atoms with Crippen LogP contribution in [-0.4, -0.2) is 12.6 Å². The number of hydrogen-bond acceptors (Lipinski definition) is 2. The Morgan fingerprint density at radius 1 is 0.875 bits per heavy atom. The first-order valence-corrected chi connectivity index (χ1v) is 18.1. The Bertz CT molecular complexity index is 827. The standard InChI is InChI=1S/C38H66O2/c1-7-8-9-10-11-12-13-14-26-40-36(39)30-22-24-37(5)31(27-30)18-19-32-34-21-20-33(29(4)17-15-16-28(2)3)38(34,6)25-23-35(32)37/h18,28-30,32-35H,7-17,19-27H2,1-6H3/t29-,30+,32+,33-,34+,35+,37+,38-/m1/s1. The molecule has 0 heterocycles. The predicted molar refractivity (Wildman–Crippen MR) is 170 cm³/mol. The fourth-order valence-electron chi connectivity index (χ4n) is 10.4. The highest BCUT2D eigenvalue weighted by Gasteiger charge is 2.59. The fourth-order valence-corrected chi connectivity index (χ4v) is 10.4. The first-order chi connectivity index (χ1) is 19.2. The molecule has 4 aliphatic carbocycles. The second-order valence-corrected chi connectivity index (χ2v) is 15.9. The minimum Gasteiger partial charge on any atom is -0.465 e. The van der Waals surface area contributed by atoms with Gasteiger partial charge in [0.15, 0.2) is 0 Å². The van der Waals surface area contributed by atoms with Gasteiger partial charge in [0.1, 0.15) is 0 Å². The highest BCUT2D eigenvalue weighted by atomic mass is 16.5. The molecule has 3 fully saturated rings. The Hall–Kier alpha value is -0.790. The van der Waals surface area contributed by atoms with Gasteiger partial charge in [0, 0.05) is 0 Å². The zero-order chi connectivity index (χ0) is 28.8. The van der Waals surface area contributed by atoms with Gasteiger partial charge in [-0.3, -0.25) is 4.79 Å². The SMILES string of the molecule is CCCCCCCCCCOC(=O)[C@H]1CC[C@@]2(C)C(=CC[C@H]3[C@@H]4CC[C@H]([C@H](C)CCCC(C)C)[C@@]4(C)CC[C@@H]32)C1. The van der Waals surface area contributed by atoms with Crippen LogP contribution in [-0.2, 0) is 9.53 Å². The zero-order valence-electron chi connectivity index (χ0n) is 27.6. The molecule has 0 aromatic rings. The average Bonchev–Trinajstić information content (AvgIpc) is 3.28. The Balaban J connectivity index is 1.27. The zero-order valence-corrected chi connectivity index (χ0v) is 27.6. The molecule has 0 amide bonds. The Morgan fingerprint density at radius 3 is 2.33 bits per heavy atom. The minimum absolute atomic E-state index is 0.0920. The Morgan fingerprint density at radius 2 is 1.60 bits per heavy atom. The van der Waals surface area contributed by atoms with Crippen LogP contribution in [0.4, 0.5) is 0 Å². The molecule has 2 heteroatoms. The quantitative estimate of drug-likeness (QED) is 0.114. The summed E-state index contributed by atoms with van der Waals surface area (Å²) in [6, 6.07) is 0. The molecule has 4 rings (SSSR count). The Labute approximate surface area is 249 Å². The van der Waals surface area contributed by atoms with Gasteiger partial charge in [0.25, 0.3) is 0 Å². The largest absolute Gasteiger partial charge is 0.465 e. The lowest BCUT2D eigenvalue weighted by molar-refractivity contribution is -0.150. The lowest BCUT2D eigenvalue weighted by atomic mass is 9.46. The van der Waals surface area contributed by atoms with Gasteiger partial charge < -0.3 is 4.74 Å².